The van der Waals surface area contributed by atoms with E-state index in [-0.39, 0.29) is 12.2 Å². The van der Waals surface area contributed by atoms with Crippen LogP contribution in [0.2, 0.25) is 0 Å². The number of ether oxygens (including phenoxy) is 1. The Bertz CT molecular complexity index is 362. The average molecular weight is 218 g/mol. The second-order valence-electron chi connectivity index (χ2n) is 3.46. The molecule has 2 nitrogen and oxygen atoms in total. The minimum absolute atomic E-state index is 0.0274. The standard InChI is InChI=1S/C10H9F3O2/c11-10(12,13)9-7(14)5-6-3-1-2-4-8(6)15-9/h1-4,7,9,14H,5H2. The Morgan fingerprint density at radius 1 is 1.27 bits per heavy atom. The normalized spacial score (nSPS) is 25.6. The van der Waals surface area contributed by atoms with Crippen molar-refractivity contribution < 1.29 is 23.0 Å². The number of fused-ring (bicyclic) bond motifs is 1. The molecule has 2 rings (SSSR count). The molecule has 0 saturated carbocycles. The monoisotopic (exact) mass is 218 g/mol. The highest BCUT2D eigenvalue weighted by atomic mass is 19.4. The Hall–Kier alpha value is -1.23. The predicted molar refractivity (Wildman–Crippen MR) is 46.6 cm³/mol. The molecule has 0 bridgehead atoms. The summed E-state index contributed by atoms with van der Waals surface area (Å²) in [5.41, 5.74) is 0.602. The van der Waals surface area contributed by atoms with Gasteiger partial charge in [-0.25, -0.2) is 0 Å². The molecule has 1 aliphatic heterocycles. The average Bonchev–Trinajstić information content (AvgIpc) is 2.15. The van der Waals surface area contributed by atoms with Crippen molar-refractivity contribution in [2.24, 2.45) is 0 Å². The number of para-hydroxylation sites is 1. The van der Waals surface area contributed by atoms with Crippen LogP contribution in [0.25, 0.3) is 0 Å². The minimum atomic E-state index is -4.53. The highest BCUT2D eigenvalue weighted by Gasteiger charge is 2.48. The van der Waals surface area contributed by atoms with Crippen LogP contribution in [0.5, 0.6) is 5.75 Å². The van der Waals surface area contributed by atoms with Crippen molar-refractivity contribution >= 4 is 0 Å². The van der Waals surface area contributed by atoms with Crippen LogP contribution in [0.15, 0.2) is 24.3 Å². The van der Waals surface area contributed by atoms with Gasteiger partial charge < -0.3 is 9.84 Å². The molecule has 1 aromatic rings. The molecule has 1 aromatic carbocycles. The van der Waals surface area contributed by atoms with Crippen LogP contribution in [-0.4, -0.2) is 23.5 Å². The molecule has 2 unspecified atom stereocenters. The summed E-state index contributed by atoms with van der Waals surface area (Å²) in [6, 6.07) is 6.41. The molecular formula is C10H9F3O2. The number of halogens is 3. The van der Waals surface area contributed by atoms with Crippen molar-refractivity contribution in [3.8, 4) is 5.75 Å². The van der Waals surface area contributed by atoms with Gasteiger partial charge in [-0.3, -0.25) is 0 Å². The molecule has 0 amide bonds. The second kappa shape index (κ2) is 3.41. The van der Waals surface area contributed by atoms with Crippen LogP contribution in [0.4, 0.5) is 13.2 Å². The van der Waals surface area contributed by atoms with Gasteiger partial charge in [0.2, 0.25) is 6.10 Å². The summed E-state index contributed by atoms with van der Waals surface area (Å²) in [6.45, 7) is 0. The van der Waals surface area contributed by atoms with Gasteiger partial charge in [-0.1, -0.05) is 18.2 Å². The minimum Gasteiger partial charge on any atom is -0.478 e. The van der Waals surface area contributed by atoms with E-state index in [9.17, 15) is 18.3 Å². The highest BCUT2D eigenvalue weighted by Crippen LogP contribution is 2.34. The van der Waals surface area contributed by atoms with E-state index in [0.717, 1.165) is 0 Å². The zero-order valence-corrected chi connectivity index (χ0v) is 7.66. The molecule has 2 atom stereocenters. The third-order valence-corrected chi connectivity index (χ3v) is 2.33. The van der Waals surface area contributed by atoms with Crippen molar-refractivity contribution in [3.63, 3.8) is 0 Å². The van der Waals surface area contributed by atoms with Gasteiger partial charge in [-0.2, -0.15) is 13.2 Å². The lowest BCUT2D eigenvalue weighted by Crippen LogP contribution is -2.47. The van der Waals surface area contributed by atoms with Crippen LogP contribution in [-0.2, 0) is 6.42 Å². The summed E-state index contributed by atoms with van der Waals surface area (Å²) in [7, 11) is 0. The molecule has 0 aromatic heterocycles. The van der Waals surface area contributed by atoms with Gasteiger partial charge in [0.05, 0.1) is 0 Å². The zero-order valence-electron chi connectivity index (χ0n) is 7.66. The predicted octanol–water partition coefficient (Wildman–Crippen LogP) is 1.91. The maximum Gasteiger partial charge on any atom is 0.428 e. The Kier molecular flexibility index (Phi) is 2.34. The lowest BCUT2D eigenvalue weighted by molar-refractivity contribution is -0.224. The topological polar surface area (TPSA) is 29.5 Å². The summed E-state index contributed by atoms with van der Waals surface area (Å²) in [5, 5.41) is 9.31. The summed E-state index contributed by atoms with van der Waals surface area (Å²) < 4.78 is 41.9. The van der Waals surface area contributed by atoms with Crippen LogP contribution < -0.4 is 4.74 Å². The van der Waals surface area contributed by atoms with E-state index >= 15 is 0 Å². The number of alkyl halides is 3. The van der Waals surface area contributed by atoms with E-state index < -0.39 is 18.4 Å². The van der Waals surface area contributed by atoms with Gasteiger partial charge in [-0.15, -0.1) is 0 Å². The number of hydrogen-bond acceptors (Lipinski definition) is 2. The van der Waals surface area contributed by atoms with Gasteiger partial charge >= 0.3 is 6.18 Å². The third kappa shape index (κ3) is 1.92. The second-order valence-corrected chi connectivity index (χ2v) is 3.46. The fraction of sp³-hybridized carbons (Fsp3) is 0.400. The maximum atomic E-state index is 12.4. The molecular weight excluding hydrogens is 209 g/mol. The summed E-state index contributed by atoms with van der Waals surface area (Å²) in [4.78, 5) is 0. The molecule has 0 radical (unpaired) electrons. The smallest absolute Gasteiger partial charge is 0.428 e. The number of rotatable bonds is 0. The lowest BCUT2D eigenvalue weighted by atomic mass is 9.99. The first kappa shape index (κ1) is 10.3. The Balaban J connectivity index is 2.30. The molecule has 0 fully saturated rings. The first-order chi connectivity index (χ1) is 6.98. The van der Waals surface area contributed by atoms with Crippen molar-refractivity contribution in [3.05, 3.63) is 29.8 Å². The molecule has 1 aliphatic rings. The quantitative estimate of drug-likeness (QED) is 0.720. The molecule has 1 heterocycles. The molecule has 82 valence electrons. The number of hydrogen-bond donors (Lipinski definition) is 1. The first-order valence-corrected chi connectivity index (χ1v) is 4.48. The SMILES string of the molecule is OC1Cc2ccccc2OC1C(F)(F)F. The Morgan fingerprint density at radius 2 is 1.93 bits per heavy atom. The van der Waals surface area contributed by atoms with Crippen molar-refractivity contribution in [1.29, 1.82) is 0 Å². The molecule has 15 heavy (non-hydrogen) atoms. The van der Waals surface area contributed by atoms with Crippen molar-refractivity contribution in [2.75, 3.05) is 0 Å². The number of aliphatic hydroxyl groups excluding tert-OH is 1. The fourth-order valence-electron chi connectivity index (χ4n) is 1.62. The van der Waals surface area contributed by atoms with Crippen LogP contribution in [0.3, 0.4) is 0 Å². The summed E-state index contributed by atoms with van der Waals surface area (Å²) in [6.07, 6.45) is -8.21. The summed E-state index contributed by atoms with van der Waals surface area (Å²) in [5.74, 6) is 0.199. The molecule has 5 heteroatoms. The first-order valence-electron chi connectivity index (χ1n) is 4.48. The van der Waals surface area contributed by atoms with Crippen molar-refractivity contribution in [2.45, 2.75) is 24.8 Å². The zero-order chi connectivity index (χ0) is 11.1. The largest absolute Gasteiger partial charge is 0.478 e. The van der Waals surface area contributed by atoms with E-state index in [2.05, 4.69) is 0 Å². The molecule has 0 saturated heterocycles. The van der Waals surface area contributed by atoms with Gasteiger partial charge in [0.1, 0.15) is 11.9 Å². The number of aliphatic hydroxyl groups is 1. The van der Waals surface area contributed by atoms with Crippen LogP contribution >= 0.6 is 0 Å². The van der Waals surface area contributed by atoms with Gasteiger partial charge in [0.25, 0.3) is 0 Å². The van der Waals surface area contributed by atoms with E-state index in [4.69, 9.17) is 4.74 Å². The number of benzene rings is 1. The Labute approximate surface area is 84.3 Å². The van der Waals surface area contributed by atoms with E-state index in [0.29, 0.717) is 5.56 Å². The van der Waals surface area contributed by atoms with Gasteiger partial charge in [-0.05, 0) is 11.6 Å². The molecule has 1 N–H and O–H groups in total. The molecule has 0 aliphatic carbocycles. The lowest BCUT2D eigenvalue weighted by Gasteiger charge is -2.31. The van der Waals surface area contributed by atoms with Gasteiger partial charge in [0, 0.05) is 6.42 Å². The molecule has 0 spiro atoms. The summed E-state index contributed by atoms with van der Waals surface area (Å²) >= 11 is 0. The third-order valence-electron chi connectivity index (χ3n) is 2.33. The highest BCUT2D eigenvalue weighted by molar-refractivity contribution is 5.36. The van der Waals surface area contributed by atoms with Crippen LogP contribution in [0.1, 0.15) is 5.56 Å². The van der Waals surface area contributed by atoms with E-state index in [1.807, 2.05) is 0 Å². The van der Waals surface area contributed by atoms with Crippen molar-refractivity contribution in [1.82, 2.24) is 0 Å². The maximum absolute atomic E-state index is 12.4. The van der Waals surface area contributed by atoms with E-state index in [1.165, 1.54) is 6.07 Å². The van der Waals surface area contributed by atoms with Gasteiger partial charge in [0.15, 0.2) is 0 Å². The van der Waals surface area contributed by atoms with E-state index in [1.54, 1.807) is 18.2 Å². The Morgan fingerprint density at radius 3 is 2.60 bits per heavy atom. The van der Waals surface area contributed by atoms with Crippen LogP contribution in [0, 0.1) is 0 Å². The fourth-order valence-corrected chi connectivity index (χ4v) is 1.62.